The van der Waals surface area contributed by atoms with Crippen LogP contribution in [0.1, 0.15) is 28.9 Å². The fraction of sp³-hybridized carbons (Fsp3) is 0.280. The van der Waals surface area contributed by atoms with Gasteiger partial charge in [0.25, 0.3) is 0 Å². The van der Waals surface area contributed by atoms with E-state index < -0.39 is 0 Å². The van der Waals surface area contributed by atoms with Crippen LogP contribution in [0, 0.1) is 0 Å². The number of hydrogen-bond donors (Lipinski definition) is 0. The molecule has 3 heteroatoms. The summed E-state index contributed by atoms with van der Waals surface area (Å²) >= 11 is 0. The molecule has 0 aliphatic carbocycles. The first-order valence-corrected chi connectivity index (χ1v) is 9.72. The fourth-order valence-corrected chi connectivity index (χ4v) is 3.48. The molecule has 0 bridgehead atoms. The van der Waals surface area contributed by atoms with Gasteiger partial charge in [-0.15, -0.1) is 0 Å². The van der Waals surface area contributed by atoms with Crippen molar-refractivity contribution < 1.29 is 9.47 Å². The molecule has 3 rings (SSSR count). The van der Waals surface area contributed by atoms with Crippen molar-refractivity contribution in [2.75, 3.05) is 27.3 Å². The molecule has 0 aliphatic heterocycles. The molecule has 28 heavy (non-hydrogen) atoms. The number of rotatable bonds is 10. The largest absolute Gasteiger partial charge is 0.375 e. The molecule has 3 nitrogen and oxygen atoms in total. The summed E-state index contributed by atoms with van der Waals surface area (Å²) in [5, 5.41) is 0. The summed E-state index contributed by atoms with van der Waals surface area (Å²) in [5.41, 5.74) is 3.67. The summed E-state index contributed by atoms with van der Waals surface area (Å²) in [6.07, 6.45) is 0.0244. The number of hydrogen-bond acceptors (Lipinski definition) is 3. The van der Waals surface area contributed by atoms with Gasteiger partial charge in [-0.25, -0.2) is 0 Å². The van der Waals surface area contributed by atoms with Gasteiger partial charge in [-0.2, -0.15) is 0 Å². The molecule has 0 aromatic heterocycles. The normalized spacial score (nSPS) is 13.4. The van der Waals surface area contributed by atoms with Gasteiger partial charge >= 0.3 is 0 Å². The van der Waals surface area contributed by atoms with Gasteiger partial charge < -0.3 is 9.47 Å². The smallest absolute Gasteiger partial charge is 0.0948 e. The van der Waals surface area contributed by atoms with Crippen LogP contribution in [0.2, 0.25) is 0 Å². The number of ether oxygens (including phenoxy) is 2. The van der Waals surface area contributed by atoms with E-state index in [2.05, 4.69) is 83.8 Å². The lowest BCUT2D eigenvalue weighted by atomic mass is 10.1. The van der Waals surface area contributed by atoms with E-state index in [0.717, 1.165) is 19.6 Å². The zero-order valence-corrected chi connectivity index (χ0v) is 16.7. The number of methoxy groups -OCH3 is 2. The van der Waals surface area contributed by atoms with Crippen molar-refractivity contribution in [1.29, 1.82) is 0 Å². The summed E-state index contributed by atoms with van der Waals surface area (Å²) in [6, 6.07) is 31.4. The maximum absolute atomic E-state index is 5.84. The monoisotopic (exact) mass is 375 g/mol. The highest BCUT2D eigenvalue weighted by Gasteiger charge is 2.20. The van der Waals surface area contributed by atoms with E-state index in [1.54, 1.807) is 14.2 Å². The third-order valence-electron chi connectivity index (χ3n) is 5.01. The zero-order chi connectivity index (χ0) is 19.6. The summed E-state index contributed by atoms with van der Waals surface area (Å²) in [7, 11) is 3.56. The summed E-state index contributed by atoms with van der Waals surface area (Å²) < 4.78 is 11.7. The van der Waals surface area contributed by atoms with Crippen LogP contribution in [-0.2, 0) is 16.0 Å². The van der Waals surface area contributed by atoms with Crippen molar-refractivity contribution in [2.24, 2.45) is 0 Å². The minimum atomic E-state index is 0.0122. The van der Waals surface area contributed by atoms with Crippen LogP contribution >= 0.6 is 0 Å². The molecule has 0 amide bonds. The van der Waals surface area contributed by atoms with Crippen LogP contribution in [0.5, 0.6) is 0 Å². The molecule has 0 saturated heterocycles. The van der Waals surface area contributed by atoms with Crippen molar-refractivity contribution in [3.8, 4) is 0 Å². The highest BCUT2D eigenvalue weighted by Crippen LogP contribution is 2.23. The molecule has 0 unspecified atom stereocenters. The maximum atomic E-state index is 5.84. The number of benzene rings is 3. The Bertz CT molecular complexity index is 743. The van der Waals surface area contributed by atoms with Crippen molar-refractivity contribution in [3.63, 3.8) is 0 Å². The average molecular weight is 376 g/mol. The van der Waals surface area contributed by atoms with Crippen LogP contribution in [0.25, 0.3) is 0 Å². The van der Waals surface area contributed by atoms with Gasteiger partial charge in [-0.1, -0.05) is 91.0 Å². The molecule has 2 atom stereocenters. The Morgan fingerprint density at radius 1 is 0.607 bits per heavy atom. The molecule has 0 fully saturated rings. The Kier molecular flexibility index (Phi) is 7.80. The van der Waals surface area contributed by atoms with Gasteiger partial charge in [-0.05, 0) is 16.7 Å². The van der Waals surface area contributed by atoms with E-state index in [0.29, 0.717) is 0 Å². The lowest BCUT2D eigenvalue weighted by Crippen LogP contribution is -2.33. The third kappa shape index (κ3) is 5.77. The first kappa shape index (κ1) is 20.3. The van der Waals surface area contributed by atoms with E-state index in [-0.39, 0.29) is 12.2 Å². The summed E-state index contributed by atoms with van der Waals surface area (Å²) in [4.78, 5) is 2.41. The Morgan fingerprint density at radius 2 is 1.00 bits per heavy atom. The van der Waals surface area contributed by atoms with Crippen molar-refractivity contribution in [2.45, 2.75) is 18.8 Å². The van der Waals surface area contributed by atoms with Crippen molar-refractivity contribution in [1.82, 2.24) is 4.90 Å². The topological polar surface area (TPSA) is 21.7 Å². The van der Waals surface area contributed by atoms with Gasteiger partial charge in [-0.3, -0.25) is 4.90 Å². The Labute approximate surface area is 168 Å². The van der Waals surface area contributed by atoms with E-state index in [4.69, 9.17) is 9.47 Å². The highest BCUT2D eigenvalue weighted by atomic mass is 16.5. The molecule has 0 N–H and O–H groups in total. The predicted molar refractivity (Wildman–Crippen MR) is 114 cm³/mol. The van der Waals surface area contributed by atoms with Gasteiger partial charge in [0.15, 0.2) is 0 Å². The lowest BCUT2D eigenvalue weighted by molar-refractivity contribution is 0.0224. The summed E-state index contributed by atoms with van der Waals surface area (Å²) in [6.45, 7) is 2.43. The van der Waals surface area contributed by atoms with Gasteiger partial charge in [0.1, 0.15) is 0 Å². The summed E-state index contributed by atoms with van der Waals surface area (Å²) in [5.74, 6) is 0. The molecule has 3 aromatic carbocycles. The third-order valence-corrected chi connectivity index (χ3v) is 5.01. The molecule has 3 aromatic rings. The van der Waals surface area contributed by atoms with Crippen molar-refractivity contribution >= 4 is 0 Å². The minimum absolute atomic E-state index is 0.0122. The van der Waals surface area contributed by atoms with Crippen LogP contribution < -0.4 is 0 Å². The molecule has 0 saturated carbocycles. The maximum Gasteiger partial charge on any atom is 0.0948 e. The second kappa shape index (κ2) is 10.8. The standard InChI is InChI=1S/C25H29NO2/c1-27-24(22-14-8-4-9-15-22)19-26(18-21-12-6-3-7-13-21)20-25(28-2)23-16-10-5-11-17-23/h3-17,24-25H,18-20H2,1-2H3/t24-,25-/m0/s1. The van der Waals surface area contributed by atoms with Gasteiger partial charge in [0.2, 0.25) is 0 Å². The fourth-order valence-electron chi connectivity index (χ4n) is 3.48. The number of nitrogens with zero attached hydrogens (tertiary/aromatic N) is 1. The second-order valence-electron chi connectivity index (χ2n) is 6.95. The molecule has 0 spiro atoms. The van der Waals surface area contributed by atoms with E-state index in [1.165, 1.54) is 16.7 Å². The Hall–Kier alpha value is -2.46. The Balaban J connectivity index is 1.79. The van der Waals surface area contributed by atoms with Crippen LogP contribution in [0.15, 0.2) is 91.0 Å². The minimum Gasteiger partial charge on any atom is -0.375 e. The van der Waals surface area contributed by atoms with E-state index in [1.807, 2.05) is 12.1 Å². The van der Waals surface area contributed by atoms with Crippen LogP contribution in [0.3, 0.4) is 0 Å². The molecular weight excluding hydrogens is 346 g/mol. The molecular formula is C25H29NO2. The van der Waals surface area contributed by atoms with E-state index in [9.17, 15) is 0 Å². The van der Waals surface area contributed by atoms with Gasteiger partial charge in [0, 0.05) is 33.9 Å². The predicted octanol–water partition coefficient (Wildman–Crippen LogP) is 5.26. The SMILES string of the molecule is CO[C@@H](CN(Cc1ccccc1)C[C@H](OC)c1ccccc1)c1ccccc1. The van der Waals surface area contributed by atoms with Crippen LogP contribution in [0.4, 0.5) is 0 Å². The molecule has 0 aliphatic rings. The van der Waals surface area contributed by atoms with Crippen LogP contribution in [-0.4, -0.2) is 32.2 Å². The molecule has 146 valence electrons. The second-order valence-corrected chi connectivity index (χ2v) is 6.95. The van der Waals surface area contributed by atoms with Gasteiger partial charge in [0.05, 0.1) is 12.2 Å². The molecule has 0 heterocycles. The average Bonchev–Trinajstić information content (AvgIpc) is 2.77. The quantitative estimate of drug-likeness (QED) is 0.482. The first-order chi connectivity index (χ1) is 13.8. The highest BCUT2D eigenvalue weighted by molar-refractivity contribution is 5.20. The molecule has 0 radical (unpaired) electrons. The first-order valence-electron chi connectivity index (χ1n) is 9.72. The van der Waals surface area contributed by atoms with E-state index >= 15 is 0 Å². The van der Waals surface area contributed by atoms with Crippen molar-refractivity contribution in [3.05, 3.63) is 108 Å². The zero-order valence-electron chi connectivity index (χ0n) is 16.7. The Morgan fingerprint density at radius 3 is 1.39 bits per heavy atom. The lowest BCUT2D eigenvalue weighted by Gasteiger charge is -2.30.